The summed E-state index contributed by atoms with van der Waals surface area (Å²) in [5.74, 6) is 0. The molecule has 0 amide bonds. The van der Waals surface area contributed by atoms with Crippen molar-refractivity contribution in [3.63, 3.8) is 0 Å². The van der Waals surface area contributed by atoms with E-state index in [0.717, 1.165) is 0 Å². The second-order valence-electron chi connectivity index (χ2n) is 0. The van der Waals surface area contributed by atoms with E-state index in [4.69, 9.17) is 0 Å². The van der Waals surface area contributed by atoms with E-state index in [-0.39, 0.29) is 326 Å². The molecule has 0 aromatic heterocycles. The molecule has 0 spiro atoms. The van der Waals surface area contributed by atoms with E-state index in [1.165, 1.54) is 0 Å². The molecule has 172 valence electrons. The summed E-state index contributed by atoms with van der Waals surface area (Å²) in [7, 11) is 0. The van der Waals surface area contributed by atoms with Gasteiger partial charge in [0.05, 0.1) is 0 Å². The van der Waals surface area contributed by atoms with Gasteiger partial charge in [-0.1, -0.05) is 0 Å². The van der Waals surface area contributed by atoms with Gasteiger partial charge in [-0.2, -0.15) is 0 Å². The first-order valence-electron chi connectivity index (χ1n) is 0. The average molecular weight is 808 g/mol. The molecule has 0 aliphatic carbocycles. The van der Waals surface area contributed by atoms with Crippen LogP contribution in [0.1, 0.15) is 8.56 Å². The Morgan fingerprint density at radius 1 is 0.130 bits per heavy atom. The van der Waals surface area contributed by atoms with Crippen LogP contribution in [0.5, 0.6) is 0 Å². The summed E-state index contributed by atoms with van der Waals surface area (Å²) in [5.41, 5.74) is 0. The van der Waals surface area contributed by atoms with Crippen molar-refractivity contribution in [3.8, 4) is 0 Å². The second-order valence-corrected chi connectivity index (χ2v) is 0. The molecule has 23 heavy (non-hydrogen) atoms. The Balaban J connectivity index is 0. The predicted octanol–water partition coefficient (Wildman–Crippen LogP) is 7.97. The van der Waals surface area contributed by atoms with Crippen molar-refractivity contribution in [2.45, 2.75) is 0 Å². The van der Waals surface area contributed by atoms with Gasteiger partial charge < -0.3 is 8.56 Å². The molecular formula is H26Cl20Mg3. The van der Waals surface area contributed by atoms with E-state index in [2.05, 4.69) is 0 Å². The molecule has 0 saturated heterocycles. The molecule has 0 rings (SSSR count). The van der Waals surface area contributed by atoms with Crippen LogP contribution in [0.3, 0.4) is 0 Å². The number of rotatable bonds is 0. The molecule has 0 heterocycles. The normalized spacial score (nSPS) is 0. The zero-order valence-electron chi connectivity index (χ0n) is 16.3. The van der Waals surface area contributed by atoms with E-state index in [9.17, 15) is 0 Å². The Morgan fingerprint density at radius 3 is 0.130 bits per heavy atom. The Morgan fingerprint density at radius 2 is 0.130 bits per heavy atom. The number of halogens is 20. The predicted molar refractivity (Wildman–Crippen MR) is 169 cm³/mol. The molecule has 0 aromatic carbocycles. The number of hydrogen-bond acceptors (Lipinski definition) is 0. The minimum Gasteiger partial charge on any atom is -1.00 e. The largest absolute Gasteiger partial charge is 2.00 e. The molecule has 0 bridgehead atoms. The van der Waals surface area contributed by atoms with Gasteiger partial charge in [0.2, 0.25) is 0 Å². The van der Waals surface area contributed by atoms with Gasteiger partial charge in [0.1, 0.15) is 0 Å². The fraction of sp³-hybridized carbons (Fsp3) is 0. The van der Waals surface area contributed by atoms with E-state index < -0.39 is 0 Å². The van der Waals surface area contributed by atoms with Crippen molar-refractivity contribution >= 4 is 317 Å². The fourth-order valence-electron chi connectivity index (χ4n) is 0. The molecule has 23 heteroatoms. The van der Waals surface area contributed by atoms with Gasteiger partial charge in [0.15, 0.2) is 0 Å². The van der Waals surface area contributed by atoms with Crippen molar-refractivity contribution in [2.75, 3.05) is 0 Å². The van der Waals surface area contributed by atoms with Gasteiger partial charge in [0, 0.05) is 0 Å². The monoisotopic (exact) mass is 798 g/mol. The maximum absolute atomic E-state index is 0. The van der Waals surface area contributed by atoms with Crippen LogP contribution in [0.15, 0.2) is 0 Å². The number of hydrogen-bond donors (Lipinski definition) is 0. The van der Waals surface area contributed by atoms with Gasteiger partial charge in [0.25, 0.3) is 0 Å². The van der Waals surface area contributed by atoms with E-state index in [1.54, 1.807) is 0 Å². The zero-order chi connectivity index (χ0) is 0. The van der Waals surface area contributed by atoms with E-state index in [1.807, 2.05) is 0 Å². The first kappa shape index (κ1) is 430. The molecule has 0 atom stereocenters. The van der Waals surface area contributed by atoms with Crippen LogP contribution >= 0.6 is 248 Å². The van der Waals surface area contributed by atoms with Gasteiger partial charge >= 0.3 is 69.2 Å². The Kier molecular flexibility index (Phi) is 7260. The standard InChI is InChI=1S/20ClH.3Mg.6H/h20*1H;;;;;;;;;/q;;;;;;;;;;;;;;;;;;;;3*+2;6*-1. The van der Waals surface area contributed by atoms with Crippen LogP contribution in [0.2, 0.25) is 0 Å². The topological polar surface area (TPSA) is 0 Å². The van der Waals surface area contributed by atoms with Gasteiger partial charge in [-0.25, -0.2) is 0 Å². The Labute approximate surface area is 320 Å². The second kappa shape index (κ2) is 389. The van der Waals surface area contributed by atoms with E-state index in [0.29, 0.717) is 0 Å². The quantitative estimate of drug-likeness (QED) is 0.218. The van der Waals surface area contributed by atoms with Crippen molar-refractivity contribution in [1.29, 1.82) is 0 Å². The third-order valence-corrected chi connectivity index (χ3v) is 0. The molecule has 0 N–H and O–H groups in total. The Hall–Kier alpha value is 8.10. The summed E-state index contributed by atoms with van der Waals surface area (Å²) >= 11 is 0. The summed E-state index contributed by atoms with van der Waals surface area (Å²) in [6, 6.07) is 0. The zero-order valence-corrected chi connectivity index (χ0v) is 30.9. The molecule has 0 fully saturated rings. The third kappa shape index (κ3) is 362. The minimum atomic E-state index is 0. The first-order valence-corrected chi connectivity index (χ1v) is 0. The van der Waals surface area contributed by atoms with Crippen LogP contribution in [0.25, 0.3) is 0 Å². The first-order chi connectivity index (χ1) is 0. The third-order valence-electron chi connectivity index (χ3n) is 0. The summed E-state index contributed by atoms with van der Waals surface area (Å²) in [6.45, 7) is 0. The van der Waals surface area contributed by atoms with Crippen LogP contribution in [0.4, 0.5) is 0 Å². The maximum Gasteiger partial charge on any atom is 2.00 e. The molecule has 0 unspecified atom stereocenters. The molecule has 0 aliphatic heterocycles. The smallest absolute Gasteiger partial charge is 1.00 e. The van der Waals surface area contributed by atoms with Crippen molar-refractivity contribution in [1.82, 2.24) is 0 Å². The summed E-state index contributed by atoms with van der Waals surface area (Å²) in [5, 5.41) is 0. The van der Waals surface area contributed by atoms with Gasteiger partial charge in [-0.15, -0.1) is 248 Å². The van der Waals surface area contributed by atoms with E-state index >= 15 is 0 Å². The summed E-state index contributed by atoms with van der Waals surface area (Å²) in [4.78, 5) is 0. The fourth-order valence-corrected chi connectivity index (χ4v) is 0. The molecular weight excluding hydrogens is 782 g/mol. The summed E-state index contributed by atoms with van der Waals surface area (Å²) in [6.07, 6.45) is 0. The van der Waals surface area contributed by atoms with Gasteiger partial charge in [-0.3, -0.25) is 0 Å². The van der Waals surface area contributed by atoms with Crippen LogP contribution < -0.4 is 0 Å². The SMILES string of the molecule is Cl.Cl.Cl.Cl.Cl.Cl.Cl.Cl.Cl.Cl.Cl.Cl.Cl.Cl.Cl.Cl.Cl.Cl.Cl.Cl.[H-].[H-].[H-].[H-].[H-].[H-].[Mg+2].[Mg+2].[Mg+2]. The van der Waals surface area contributed by atoms with Gasteiger partial charge in [-0.05, 0) is 0 Å². The average Bonchev–Trinajstić information content (AvgIpc) is 0. The summed E-state index contributed by atoms with van der Waals surface area (Å²) < 4.78 is 0. The molecule has 0 aromatic rings. The minimum absolute atomic E-state index is 0. The van der Waals surface area contributed by atoms with Crippen molar-refractivity contribution in [3.05, 3.63) is 0 Å². The Bertz CT molecular complexity index is 34.2. The van der Waals surface area contributed by atoms with Crippen LogP contribution in [-0.2, 0) is 0 Å². The van der Waals surface area contributed by atoms with Crippen LogP contribution in [-0.4, -0.2) is 69.2 Å². The molecule has 0 saturated carbocycles. The van der Waals surface area contributed by atoms with Crippen molar-refractivity contribution in [2.24, 2.45) is 0 Å². The molecule has 0 radical (unpaired) electrons. The molecule has 0 nitrogen and oxygen atoms in total. The maximum atomic E-state index is 0. The van der Waals surface area contributed by atoms with Crippen LogP contribution in [0, 0.1) is 0 Å². The molecule has 0 aliphatic rings. The van der Waals surface area contributed by atoms with Crippen molar-refractivity contribution < 1.29 is 8.56 Å².